The van der Waals surface area contributed by atoms with Gasteiger partial charge in [0, 0.05) is 11.6 Å². The third kappa shape index (κ3) is 4.22. The topological polar surface area (TPSA) is 84.2 Å². The van der Waals surface area contributed by atoms with Crippen LogP contribution in [0.3, 0.4) is 0 Å². The van der Waals surface area contributed by atoms with Crippen molar-refractivity contribution in [3.05, 3.63) is 41.7 Å². The third-order valence-corrected chi connectivity index (χ3v) is 3.80. The van der Waals surface area contributed by atoms with E-state index >= 15 is 0 Å². The molecule has 0 aliphatic rings. The van der Waals surface area contributed by atoms with Crippen molar-refractivity contribution in [2.75, 3.05) is 5.32 Å². The molecule has 2 rings (SSSR count). The molecule has 1 amide bonds. The van der Waals surface area contributed by atoms with Gasteiger partial charge >= 0.3 is 12.1 Å². The van der Waals surface area contributed by atoms with E-state index in [1.54, 1.807) is 6.92 Å². The van der Waals surface area contributed by atoms with Crippen LogP contribution in [0.2, 0.25) is 0 Å². The van der Waals surface area contributed by atoms with Crippen molar-refractivity contribution >= 4 is 17.6 Å². The lowest BCUT2D eigenvalue weighted by molar-refractivity contribution is -0.143. The van der Waals surface area contributed by atoms with Crippen molar-refractivity contribution in [1.29, 1.82) is 0 Å². The van der Waals surface area contributed by atoms with E-state index < -0.39 is 23.4 Å². The normalized spacial score (nSPS) is 12.7. The molecule has 140 valence electrons. The summed E-state index contributed by atoms with van der Waals surface area (Å²) in [5.74, 6) is -2.20. The Bertz CT molecular complexity index is 815. The van der Waals surface area contributed by atoms with Crippen molar-refractivity contribution in [2.45, 2.75) is 32.9 Å². The number of carbonyl (C=O) groups excluding carboxylic acids is 1. The van der Waals surface area contributed by atoms with Crippen LogP contribution in [0.5, 0.6) is 0 Å². The predicted molar refractivity (Wildman–Crippen MR) is 88.2 cm³/mol. The zero-order chi connectivity index (χ0) is 19.5. The van der Waals surface area contributed by atoms with E-state index in [1.807, 2.05) is 6.92 Å². The Morgan fingerprint density at radius 1 is 1.35 bits per heavy atom. The molecule has 1 atom stereocenters. The standard InChI is InChI=1S/C17H18F3N3O3/c1-3-5-10(2)15(24)22-11-6-4-7-12(8-11)23-14(17(18,19)20)13(9-21-23)16(25)26/h4,6-10H,3,5H2,1-2H3,(H,22,24)(H,25,26). The van der Waals surface area contributed by atoms with Gasteiger partial charge in [0.1, 0.15) is 5.56 Å². The predicted octanol–water partition coefficient (Wildman–Crippen LogP) is 3.96. The van der Waals surface area contributed by atoms with Crippen LogP contribution in [-0.4, -0.2) is 26.8 Å². The summed E-state index contributed by atoms with van der Waals surface area (Å²) in [6, 6.07) is 5.65. The van der Waals surface area contributed by atoms with Gasteiger partial charge in [-0.25, -0.2) is 9.48 Å². The molecule has 0 saturated heterocycles. The van der Waals surface area contributed by atoms with Crippen molar-refractivity contribution in [3.63, 3.8) is 0 Å². The van der Waals surface area contributed by atoms with Crippen LogP contribution in [0.25, 0.3) is 5.69 Å². The number of hydrogen-bond donors (Lipinski definition) is 2. The number of aromatic nitrogens is 2. The Labute approximate surface area is 147 Å². The average molecular weight is 369 g/mol. The highest BCUT2D eigenvalue weighted by Crippen LogP contribution is 2.34. The first kappa shape index (κ1) is 19.5. The molecule has 1 heterocycles. The first-order valence-corrected chi connectivity index (χ1v) is 7.95. The fourth-order valence-corrected chi connectivity index (χ4v) is 2.52. The highest BCUT2D eigenvalue weighted by Gasteiger charge is 2.40. The van der Waals surface area contributed by atoms with Gasteiger partial charge in [-0.1, -0.05) is 26.3 Å². The Kier molecular flexibility index (Phi) is 5.69. The summed E-state index contributed by atoms with van der Waals surface area (Å²) < 4.78 is 40.4. The number of alkyl halides is 3. The van der Waals surface area contributed by atoms with Gasteiger partial charge in [0.15, 0.2) is 5.69 Å². The second-order valence-electron chi connectivity index (χ2n) is 5.85. The van der Waals surface area contributed by atoms with Crippen LogP contribution in [0.1, 0.15) is 42.7 Å². The summed E-state index contributed by atoms with van der Waals surface area (Å²) in [4.78, 5) is 23.1. The molecule has 0 bridgehead atoms. The van der Waals surface area contributed by atoms with Gasteiger partial charge in [0.2, 0.25) is 5.91 Å². The summed E-state index contributed by atoms with van der Waals surface area (Å²) in [6.45, 7) is 3.71. The molecule has 0 aliphatic carbocycles. The number of hydrogen-bond acceptors (Lipinski definition) is 3. The highest BCUT2D eigenvalue weighted by atomic mass is 19.4. The van der Waals surface area contributed by atoms with Crippen LogP contribution < -0.4 is 5.32 Å². The van der Waals surface area contributed by atoms with Crippen LogP contribution in [-0.2, 0) is 11.0 Å². The van der Waals surface area contributed by atoms with Gasteiger partial charge in [-0.3, -0.25) is 4.79 Å². The number of carboxylic acid groups (broad SMARTS) is 1. The summed E-state index contributed by atoms with van der Waals surface area (Å²) >= 11 is 0. The van der Waals surface area contributed by atoms with Crippen molar-refractivity contribution < 1.29 is 27.9 Å². The molecule has 6 nitrogen and oxygen atoms in total. The minimum absolute atomic E-state index is 0.00855. The van der Waals surface area contributed by atoms with E-state index in [0.717, 1.165) is 6.42 Å². The van der Waals surface area contributed by atoms with Gasteiger partial charge in [0.25, 0.3) is 0 Å². The molecule has 0 fully saturated rings. The number of anilines is 1. The summed E-state index contributed by atoms with van der Waals surface area (Å²) in [7, 11) is 0. The lowest BCUT2D eigenvalue weighted by Crippen LogP contribution is -2.20. The van der Waals surface area contributed by atoms with E-state index in [1.165, 1.54) is 24.3 Å². The van der Waals surface area contributed by atoms with Crippen LogP contribution in [0.15, 0.2) is 30.5 Å². The monoisotopic (exact) mass is 369 g/mol. The van der Waals surface area contributed by atoms with E-state index in [2.05, 4.69) is 10.4 Å². The molecular formula is C17H18F3N3O3. The zero-order valence-corrected chi connectivity index (χ0v) is 14.2. The molecule has 0 spiro atoms. The quantitative estimate of drug-likeness (QED) is 0.807. The zero-order valence-electron chi connectivity index (χ0n) is 14.2. The van der Waals surface area contributed by atoms with Crippen LogP contribution in [0, 0.1) is 5.92 Å². The molecule has 1 aromatic heterocycles. The maximum Gasteiger partial charge on any atom is 0.434 e. The van der Waals surface area contributed by atoms with Crippen molar-refractivity contribution in [1.82, 2.24) is 9.78 Å². The smallest absolute Gasteiger partial charge is 0.434 e. The number of benzene rings is 1. The number of halogens is 3. The molecule has 0 radical (unpaired) electrons. The number of carbonyl (C=O) groups is 2. The maximum atomic E-state index is 13.3. The molecule has 0 saturated carbocycles. The SMILES string of the molecule is CCCC(C)C(=O)Nc1cccc(-n2ncc(C(=O)O)c2C(F)(F)F)c1. The fourth-order valence-electron chi connectivity index (χ4n) is 2.52. The third-order valence-electron chi connectivity index (χ3n) is 3.80. The Hall–Kier alpha value is -2.84. The second kappa shape index (κ2) is 7.59. The fraction of sp³-hybridized carbons (Fsp3) is 0.353. The molecule has 9 heteroatoms. The van der Waals surface area contributed by atoms with E-state index in [0.29, 0.717) is 23.0 Å². The van der Waals surface area contributed by atoms with Crippen LogP contribution in [0.4, 0.5) is 18.9 Å². The maximum absolute atomic E-state index is 13.3. The van der Waals surface area contributed by atoms with Crippen LogP contribution >= 0.6 is 0 Å². The lowest BCUT2D eigenvalue weighted by Gasteiger charge is -2.14. The molecule has 26 heavy (non-hydrogen) atoms. The van der Waals surface area contributed by atoms with Gasteiger partial charge in [0.05, 0.1) is 11.9 Å². The Balaban J connectivity index is 2.40. The Morgan fingerprint density at radius 2 is 2.04 bits per heavy atom. The van der Waals surface area contributed by atoms with E-state index in [4.69, 9.17) is 5.11 Å². The summed E-state index contributed by atoms with van der Waals surface area (Å²) in [5, 5.41) is 15.2. The number of nitrogens with one attached hydrogen (secondary N) is 1. The number of aromatic carboxylic acids is 1. The van der Waals surface area contributed by atoms with E-state index in [-0.39, 0.29) is 17.5 Å². The molecule has 1 unspecified atom stereocenters. The van der Waals surface area contributed by atoms with Crippen molar-refractivity contribution in [3.8, 4) is 5.69 Å². The molecular weight excluding hydrogens is 351 g/mol. The number of nitrogens with zero attached hydrogens (tertiary/aromatic N) is 2. The van der Waals surface area contributed by atoms with E-state index in [9.17, 15) is 22.8 Å². The minimum atomic E-state index is -4.90. The number of carboxylic acids is 1. The first-order valence-electron chi connectivity index (χ1n) is 7.95. The minimum Gasteiger partial charge on any atom is -0.478 e. The van der Waals surface area contributed by atoms with Crippen molar-refractivity contribution in [2.24, 2.45) is 5.92 Å². The average Bonchev–Trinajstić information content (AvgIpc) is 3.01. The molecule has 2 N–H and O–H groups in total. The summed E-state index contributed by atoms with van der Waals surface area (Å²) in [5.41, 5.74) is -2.03. The lowest BCUT2D eigenvalue weighted by atomic mass is 10.1. The second-order valence-corrected chi connectivity index (χ2v) is 5.85. The molecule has 0 aliphatic heterocycles. The van der Waals surface area contributed by atoms with Gasteiger partial charge in [-0.15, -0.1) is 0 Å². The Morgan fingerprint density at radius 3 is 2.62 bits per heavy atom. The van der Waals surface area contributed by atoms with Gasteiger partial charge < -0.3 is 10.4 Å². The molecule has 2 aromatic rings. The molecule has 1 aromatic carbocycles. The van der Waals surface area contributed by atoms with Gasteiger partial charge in [-0.2, -0.15) is 18.3 Å². The number of amides is 1. The van der Waals surface area contributed by atoms with Gasteiger partial charge in [-0.05, 0) is 24.6 Å². The first-order chi connectivity index (χ1) is 12.1. The number of rotatable bonds is 6. The summed E-state index contributed by atoms with van der Waals surface area (Å²) in [6.07, 6.45) is -2.74. The largest absolute Gasteiger partial charge is 0.478 e. The highest BCUT2D eigenvalue weighted by molar-refractivity contribution is 5.92.